The molecule has 0 saturated heterocycles. The summed E-state index contributed by atoms with van der Waals surface area (Å²) >= 11 is 0. The van der Waals surface area contributed by atoms with Gasteiger partial charge in [-0.15, -0.1) is 6.58 Å². The first-order valence-corrected chi connectivity index (χ1v) is 25.0. The molecule has 0 radical (unpaired) electrons. The lowest BCUT2D eigenvalue weighted by atomic mass is 9.55. The van der Waals surface area contributed by atoms with Crippen LogP contribution in [0.25, 0.3) is 0 Å². The minimum absolute atomic E-state index is 0.0169. The Morgan fingerprint density at radius 1 is 0.896 bits per heavy atom. The van der Waals surface area contributed by atoms with Crippen molar-refractivity contribution in [3.63, 3.8) is 0 Å². The Labute approximate surface area is 397 Å². The number of benzene rings is 2. The van der Waals surface area contributed by atoms with Crippen molar-refractivity contribution in [3.8, 4) is 17.2 Å². The van der Waals surface area contributed by atoms with Crippen LogP contribution in [0.1, 0.15) is 134 Å². The Morgan fingerprint density at radius 2 is 1.61 bits per heavy atom. The van der Waals surface area contributed by atoms with Crippen LogP contribution in [-0.2, 0) is 19.0 Å². The maximum atomic E-state index is 14.7. The van der Waals surface area contributed by atoms with E-state index in [2.05, 4.69) is 19.6 Å². The molecule has 0 spiro atoms. The highest BCUT2D eigenvalue weighted by molar-refractivity contribution is 6.03. The Bertz CT molecular complexity index is 1890. The topological polar surface area (TPSA) is 192 Å². The summed E-state index contributed by atoms with van der Waals surface area (Å²) < 4.78 is 32.6. The van der Waals surface area contributed by atoms with Gasteiger partial charge in [0.15, 0.2) is 0 Å². The fourth-order valence-electron chi connectivity index (χ4n) is 10.2. The summed E-state index contributed by atoms with van der Waals surface area (Å²) in [6.07, 6.45) is 19.4. The lowest BCUT2D eigenvalue weighted by molar-refractivity contribution is -0.384. The number of rotatable bonds is 33. The zero-order valence-corrected chi connectivity index (χ0v) is 40.0. The van der Waals surface area contributed by atoms with Crippen molar-refractivity contribution in [2.45, 2.75) is 141 Å². The summed E-state index contributed by atoms with van der Waals surface area (Å²) in [5, 5.41) is 45.9. The second kappa shape index (κ2) is 28.7. The van der Waals surface area contributed by atoms with Gasteiger partial charge in [0.2, 0.25) is 5.79 Å². The number of nitro benzene ring substituents is 1. The lowest BCUT2D eigenvalue weighted by Gasteiger charge is -2.59. The number of fused-ring (bicyclic) bond motifs is 2. The van der Waals surface area contributed by atoms with Gasteiger partial charge in [-0.2, -0.15) is 0 Å². The van der Waals surface area contributed by atoms with E-state index >= 15 is 0 Å². The molecule has 67 heavy (non-hydrogen) atoms. The Kier molecular flexibility index (Phi) is 22.9. The molecule has 1 fully saturated rings. The number of allylic oxidation sites excluding steroid dienone is 1. The third-order valence-corrected chi connectivity index (χ3v) is 13.3. The summed E-state index contributed by atoms with van der Waals surface area (Å²) in [5.74, 6) is -1.10. The number of aliphatic hydroxyl groups is 3. The quantitative estimate of drug-likeness (QED) is 0.0266. The van der Waals surface area contributed by atoms with Crippen molar-refractivity contribution in [2.75, 3.05) is 59.4 Å². The first-order valence-electron chi connectivity index (χ1n) is 25.0. The molecule has 0 bridgehead atoms. The second-order valence-electron chi connectivity index (χ2n) is 17.9. The molecule has 5 rings (SSSR count). The first-order chi connectivity index (χ1) is 32.8. The molecule has 1 heterocycles. The van der Waals surface area contributed by atoms with Gasteiger partial charge in [-0.25, -0.2) is 4.79 Å². The van der Waals surface area contributed by atoms with E-state index in [1.807, 2.05) is 19.1 Å². The number of oxime groups is 1. The molecule has 1 amide bonds. The fraction of sp³-hybridized carbons (Fsp3) is 0.654. The molecular weight excluding hydrogens is 859 g/mol. The summed E-state index contributed by atoms with van der Waals surface area (Å²) in [6.45, 7) is 9.02. The summed E-state index contributed by atoms with van der Waals surface area (Å²) in [7, 11) is 0. The summed E-state index contributed by atoms with van der Waals surface area (Å²) in [5.41, 5.74) is 2.29. The van der Waals surface area contributed by atoms with Gasteiger partial charge >= 0.3 is 6.09 Å². The number of hydrogen-bond donors (Lipinski definition) is 3. The van der Waals surface area contributed by atoms with E-state index in [1.165, 1.54) is 50.7 Å². The van der Waals surface area contributed by atoms with Crippen LogP contribution in [0, 0.1) is 27.9 Å². The summed E-state index contributed by atoms with van der Waals surface area (Å²) in [4.78, 5) is 33.4. The first kappa shape index (κ1) is 53.4. The van der Waals surface area contributed by atoms with Gasteiger partial charge in [0.25, 0.3) is 5.69 Å². The highest BCUT2D eigenvalue weighted by atomic mass is 16.7. The van der Waals surface area contributed by atoms with Crippen LogP contribution in [0.4, 0.5) is 10.5 Å². The van der Waals surface area contributed by atoms with Gasteiger partial charge in [-0.3, -0.25) is 15.0 Å². The maximum Gasteiger partial charge on any atom is 0.410 e. The predicted molar refractivity (Wildman–Crippen MR) is 258 cm³/mol. The average Bonchev–Trinajstić information content (AvgIpc) is 3.33. The highest BCUT2D eigenvalue weighted by Gasteiger charge is 2.65. The fourth-order valence-corrected chi connectivity index (χ4v) is 10.2. The maximum absolute atomic E-state index is 14.7. The molecule has 3 aliphatic rings. The molecule has 0 unspecified atom stereocenters. The van der Waals surface area contributed by atoms with Gasteiger partial charge < -0.3 is 43.8 Å². The molecular formula is C52H77N3O12. The minimum atomic E-state index is -1.51. The molecule has 0 aromatic heterocycles. The number of aliphatic hydroxyl groups excluding tert-OH is 3. The van der Waals surface area contributed by atoms with Crippen LogP contribution >= 0.6 is 0 Å². The SMILES string of the molecule is C=CCO[C@@]12Oc3ccc(Oc4cccc([N+](=O)[O-])c4)cc3[C@H]3[C@H](CCCCO)[C@@H](CCCCO)C=C(C(=NOCC)C[C@@H]1N(CCOCCO)C(=O)OCCCCCCCCCCCC)[C@H]32. The third kappa shape index (κ3) is 14.7. The minimum Gasteiger partial charge on any atom is -0.459 e. The number of ether oxygens (including phenoxy) is 5. The van der Waals surface area contributed by atoms with E-state index < -0.39 is 28.8 Å². The zero-order valence-electron chi connectivity index (χ0n) is 40.0. The molecule has 1 aliphatic heterocycles. The van der Waals surface area contributed by atoms with Crippen LogP contribution < -0.4 is 9.47 Å². The molecule has 3 N–H and O–H groups in total. The second-order valence-corrected chi connectivity index (χ2v) is 17.9. The van der Waals surface area contributed by atoms with Crippen LogP contribution in [0.2, 0.25) is 0 Å². The van der Waals surface area contributed by atoms with Crippen LogP contribution in [-0.4, -0.2) is 108 Å². The predicted octanol–water partition coefficient (Wildman–Crippen LogP) is 10.4. The smallest absolute Gasteiger partial charge is 0.410 e. The number of amides is 1. The van der Waals surface area contributed by atoms with E-state index in [0.29, 0.717) is 42.4 Å². The van der Waals surface area contributed by atoms with Crippen LogP contribution in [0.5, 0.6) is 17.2 Å². The van der Waals surface area contributed by atoms with Gasteiger partial charge in [0.05, 0.1) is 55.7 Å². The van der Waals surface area contributed by atoms with Gasteiger partial charge in [-0.1, -0.05) is 101 Å². The molecule has 2 aliphatic carbocycles. The van der Waals surface area contributed by atoms with Gasteiger partial charge in [-0.05, 0) is 80.7 Å². The van der Waals surface area contributed by atoms with Crippen molar-refractivity contribution in [1.82, 2.24) is 4.90 Å². The number of non-ortho nitro benzene ring substituents is 1. The number of carbonyl (C=O) groups excluding carboxylic acids is 1. The van der Waals surface area contributed by atoms with E-state index in [1.54, 1.807) is 29.2 Å². The Hall–Kier alpha value is -4.54. The average molecular weight is 936 g/mol. The Morgan fingerprint density at radius 3 is 2.30 bits per heavy atom. The molecule has 2 aromatic carbocycles. The monoisotopic (exact) mass is 936 g/mol. The van der Waals surface area contributed by atoms with Crippen molar-refractivity contribution in [3.05, 3.63) is 82.4 Å². The number of nitrogens with zero attached hydrogens (tertiary/aromatic N) is 3. The lowest BCUT2D eigenvalue weighted by Crippen LogP contribution is -2.70. The molecule has 1 saturated carbocycles. The van der Waals surface area contributed by atoms with Gasteiger partial charge in [0, 0.05) is 43.7 Å². The molecule has 6 atom stereocenters. The zero-order chi connectivity index (χ0) is 47.9. The summed E-state index contributed by atoms with van der Waals surface area (Å²) in [6, 6.07) is 10.8. The van der Waals surface area contributed by atoms with E-state index in [-0.39, 0.29) is 82.7 Å². The van der Waals surface area contributed by atoms with Crippen LogP contribution in [0.3, 0.4) is 0 Å². The molecule has 15 heteroatoms. The Balaban J connectivity index is 1.60. The van der Waals surface area contributed by atoms with E-state index in [9.17, 15) is 30.2 Å². The molecule has 15 nitrogen and oxygen atoms in total. The highest BCUT2D eigenvalue weighted by Crippen LogP contribution is 2.62. The number of nitro groups is 1. The van der Waals surface area contributed by atoms with Crippen LogP contribution in [0.15, 0.2) is 71.9 Å². The van der Waals surface area contributed by atoms with Gasteiger partial charge in [0.1, 0.15) is 29.9 Å². The number of unbranched alkanes of at least 4 members (excludes halogenated alkanes) is 11. The third-order valence-electron chi connectivity index (χ3n) is 13.3. The largest absolute Gasteiger partial charge is 0.459 e. The van der Waals surface area contributed by atoms with Crippen molar-refractivity contribution >= 4 is 17.5 Å². The number of hydrogen-bond acceptors (Lipinski definition) is 13. The normalized spacial score (nSPS) is 22.3. The number of carbonyl (C=O) groups is 1. The van der Waals surface area contributed by atoms with Crippen molar-refractivity contribution in [2.24, 2.45) is 22.9 Å². The van der Waals surface area contributed by atoms with E-state index in [4.69, 9.17) is 33.7 Å². The molecule has 2 aromatic rings. The van der Waals surface area contributed by atoms with E-state index in [0.717, 1.165) is 62.5 Å². The van der Waals surface area contributed by atoms with Crippen molar-refractivity contribution in [1.29, 1.82) is 0 Å². The van der Waals surface area contributed by atoms with Crippen molar-refractivity contribution < 1.29 is 53.6 Å². The molecule has 372 valence electrons. The standard InChI is InChI=1S/C52H77N3O12/c1-4-7-8-9-10-11-12-13-14-19-32-63-51(59)54(27-33-62-34-30-58)48-38-46(53-65-6-3)44-35-39(21-15-17-28-56)43(24-16-18-29-57)49-45-37-42(66-41-23-20-22-40(36-41)55(60)61)25-26-47(45)67-52(48,50(44)49)64-31-5-2/h5,20,22-23,25-26,35-37,39,43,48-50,56-58H,2,4,6-19,21,24,27-34,38H2,1,3H3/t39-,43+,48-,49+,50+,52+/m0/s1.